The molecule has 3 aliphatic rings. The Kier molecular flexibility index (Phi) is 7.53. The SMILES string of the molecule is Nc1nc2c(ncn2[C@@H]2O[C@@H]3COP(O)(=S)O[C@H]4[C@H](F)[C@H](n5nnc6c(N)ccnc65)O[C@@H]4COP(=O)(S)O[C@@H]2C3)c(=O)[nH]1. The molecule has 2 unspecified atom stereocenters. The first-order valence-corrected chi connectivity index (χ1v) is 18.1. The molecule has 2 bridgehead atoms. The molecule has 0 aromatic carbocycles. The minimum Gasteiger partial charge on any atom is -0.397 e. The van der Waals surface area contributed by atoms with Crippen molar-refractivity contribution in [1.82, 2.24) is 39.5 Å². The highest BCUT2D eigenvalue weighted by Gasteiger charge is 2.52. The zero-order chi connectivity index (χ0) is 31.0. The van der Waals surface area contributed by atoms with Crippen molar-refractivity contribution in [1.29, 1.82) is 0 Å². The van der Waals surface area contributed by atoms with Gasteiger partial charge in [0.15, 0.2) is 41.0 Å². The largest absolute Gasteiger partial charge is 0.397 e. The van der Waals surface area contributed by atoms with Gasteiger partial charge >= 0.3 is 13.5 Å². The summed E-state index contributed by atoms with van der Waals surface area (Å²) in [5, 5.41) is 7.87. The number of nitrogens with two attached hydrogens (primary N) is 2. The molecule has 9 atom stereocenters. The molecule has 0 aliphatic carbocycles. The lowest BCUT2D eigenvalue weighted by Crippen LogP contribution is -2.34. The van der Waals surface area contributed by atoms with Crippen LogP contribution in [0.5, 0.6) is 0 Å². The Morgan fingerprint density at radius 3 is 2.75 bits per heavy atom. The Morgan fingerprint density at radius 2 is 1.93 bits per heavy atom. The number of alkyl halides is 1. The van der Waals surface area contributed by atoms with Crippen LogP contribution in [-0.2, 0) is 43.9 Å². The smallest absolute Gasteiger partial charge is 0.386 e. The Bertz CT molecular complexity index is 1910. The molecular formula is C20H23FN10O9P2S2. The van der Waals surface area contributed by atoms with Gasteiger partial charge in [-0.2, -0.15) is 9.67 Å². The van der Waals surface area contributed by atoms with Crippen LogP contribution >= 0.6 is 25.8 Å². The second-order valence-electron chi connectivity index (χ2n) is 10.0. The van der Waals surface area contributed by atoms with Crippen LogP contribution in [0.1, 0.15) is 18.9 Å². The molecule has 7 heterocycles. The van der Waals surface area contributed by atoms with Crippen molar-refractivity contribution in [3.63, 3.8) is 0 Å². The standard InChI is InChI=1S/C20H23FN10O9P2S2/c21-11-14-10(38-19(11)31-15-12(28-29-31)8(22)1-2-24-15)5-36-41(33,43)39-9-3-7(4-35-42(34,44)40-14)37-18(9)30-6-25-13-16(30)26-20(23)27-17(13)32/h1-2,6-7,9-11,14,18-19H,3-5H2,(H2,22,24)(H,33,43)(H,34,44)(H3,23,26,27,32)/t7-,9+,10+,11-,14+,18+,19+,41?,42?/m0/s1. The van der Waals surface area contributed by atoms with Gasteiger partial charge in [0.05, 0.1) is 31.3 Å². The van der Waals surface area contributed by atoms with Gasteiger partial charge in [-0.3, -0.25) is 27.9 Å². The van der Waals surface area contributed by atoms with Gasteiger partial charge in [0.1, 0.15) is 18.3 Å². The summed E-state index contributed by atoms with van der Waals surface area (Å²) < 4.78 is 66.2. The number of imidazole rings is 1. The van der Waals surface area contributed by atoms with Gasteiger partial charge in [-0.05, 0) is 17.9 Å². The Balaban J connectivity index is 1.19. The summed E-state index contributed by atoms with van der Waals surface area (Å²) in [5.41, 5.74) is 11.7. The Morgan fingerprint density at radius 1 is 1.11 bits per heavy atom. The number of nitrogen functional groups attached to an aromatic ring is 2. The van der Waals surface area contributed by atoms with Gasteiger partial charge in [0.25, 0.3) is 5.56 Å². The second-order valence-corrected chi connectivity index (χ2v) is 15.7. The summed E-state index contributed by atoms with van der Waals surface area (Å²) in [6.45, 7) is -9.27. The first-order valence-electron chi connectivity index (χ1n) is 12.8. The van der Waals surface area contributed by atoms with E-state index in [2.05, 4.69) is 42.5 Å². The van der Waals surface area contributed by atoms with Crippen molar-refractivity contribution in [2.24, 2.45) is 0 Å². The highest BCUT2D eigenvalue weighted by atomic mass is 32.7. The van der Waals surface area contributed by atoms with Crippen molar-refractivity contribution >= 4 is 71.5 Å². The molecule has 4 aromatic heterocycles. The fourth-order valence-electron chi connectivity index (χ4n) is 5.21. The van der Waals surface area contributed by atoms with E-state index in [-0.39, 0.29) is 47.0 Å². The minimum atomic E-state index is -4.22. The Labute approximate surface area is 255 Å². The maximum Gasteiger partial charge on any atom is 0.386 e. The molecule has 3 fully saturated rings. The summed E-state index contributed by atoms with van der Waals surface area (Å²) in [6.07, 6.45) is -6.56. The van der Waals surface area contributed by atoms with Crippen molar-refractivity contribution < 1.29 is 41.4 Å². The summed E-state index contributed by atoms with van der Waals surface area (Å²) in [4.78, 5) is 37.9. The van der Waals surface area contributed by atoms with Gasteiger partial charge in [-0.15, -0.1) is 5.10 Å². The number of halogens is 1. The second kappa shape index (κ2) is 11.0. The molecule has 236 valence electrons. The van der Waals surface area contributed by atoms with Crippen LogP contribution in [-0.4, -0.2) is 88.2 Å². The van der Waals surface area contributed by atoms with Crippen LogP contribution in [0.25, 0.3) is 22.3 Å². The topological polar surface area (TPSA) is 252 Å². The van der Waals surface area contributed by atoms with Crippen LogP contribution in [0.3, 0.4) is 0 Å². The molecule has 3 saturated heterocycles. The van der Waals surface area contributed by atoms with Crippen LogP contribution in [0.2, 0.25) is 0 Å². The average Bonchev–Trinajstić information content (AvgIpc) is 3.72. The molecule has 0 spiro atoms. The van der Waals surface area contributed by atoms with Gasteiger partial charge < -0.3 is 30.4 Å². The lowest BCUT2D eigenvalue weighted by atomic mass is 10.1. The van der Waals surface area contributed by atoms with Crippen LogP contribution in [0.15, 0.2) is 23.4 Å². The van der Waals surface area contributed by atoms with Gasteiger partial charge in [0.2, 0.25) is 5.95 Å². The average molecular weight is 693 g/mol. The quantitative estimate of drug-likeness (QED) is 0.143. The third-order valence-corrected chi connectivity index (χ3v) is 10.3. The van der Waals surface area contributed by atoms with E-state index in [0.29, 0.717) is 0 Å². The normalized spacial score (nSPS) is 36.6. The number of aromatic amines is 1. The first kappa shape index (κ1) is 30.1. The Hall–Kier alpha value is -2.62. The third-order valence-electron chi connectivity index (χ3n) is 7.12. The fraction of sp³-hybridized carbons (Fsp3) is 0.500. The number of ether oxygens (including phenoxy) is 2. The monoisotopic (exact) mass is 692 g/mol. The first-order chi connectivity index (χ1) is 20.9. The lowest BCUT2D eigenvalue weighted by molar-refractivity contribution is -0.0595. The highest BCUT2D eigenvalue weighted by molar-refractivity contribution is 8.44. The molecule has 44 heavy (non-hydrogen) atoms. The summed E-state index contributed by atoms with van der Waals surface area (Å²) in [7, 11) is 0. The van der Waals surface area contributed by atoms with Crippen LogP contribution < -0.4 is 17.0 Å². The van der Waals surface area contributed by atoms with Crippen LogP contribution in [0, 0.1) is 0 Å². The van der Waals surface area contributed by atoms with E-state index in [1.165, 1.54) is 23.2 Å². The summed E-state index contributed by atoms with van der Waals surface area (Å²) in [5.74, 6) is -0.170. The fourth-order valence-corrected chi connectivity index (χ4v) is 8.16. The number of nitrogens with one attached hydrogen (secondary N) is 1. The number of hydrogen-bond acceptors (Lipinski definition) is 16. The zero-order valence-corrected chi connectivity index (χ0v) is 25.5. The molecule has 19 nitrogen and oxygen atoms in total. The summed E-state index contributed by atoms with van der Waals surface area (Å²) in [6, 6.07) is 1.50. The van der Waals surface area contributed by atoms with E-state index < -0.39 is 68.7 Å². The number of H-pyrrole nitrogens is 1. The molecule has 0 radical (unpaired) electrons. The lowest BCUT2D eigenvalue weighted by Gasteiger charge is -2.27. The number of fused-ring (bicyclic) bond motifs is 5. The molecule has 4 aromatic rings. The molecule has 0 amide bonds. The molecule has 7 rings (SSSR count). The highest BCUT2D eigenvalue weighted by Crippen LogP contribution is 2.58. The third kappa shape index (κ3) is 5.43. The van der Waals surface area contributed by atoms with Crippen LogP contribution in [0.4, 0.5) is 16.0 Å². The van der Waals surface area contributed by atoms with Crippen molar-refractivity contribution in [3.05, 3.63) is 28.9 Å². The van der Waals surface area contributed by atoms with Crippen molar-refractivity contribution in [2.45, 2.75) is 49.5 Å². The molecule has 3 aliphatic heterocycles. The molecule has 6 N–H and O–H groups in total. The molecular weight excluding hydrogens is 669 g/mol. The number of rotatable bonds is 2. The molecule has 0 saturated carbocycles. The predicted octanol–water partition coefficient (Wildman–Crippen LogP) is 0.719. The van der Waals surface area contributed by atoms with E-state index in [4.69, 9.17) is 50.8 Å². The van der Waals surface area contributed by atoms with Gasteiger partial charge in [0, 0.05) is 12.6 Å². The van der Waals surface area contributed by atoms with Crippen molar-refractivity contribution in [2.75, 3.05) is 24.7 Å². The maximum absolute atomic E-state index is 16.0. The van der Waals surface area contributed by atoms with E-state index in [9.17, 15) is 14.3 Å². The summed E-state index contributed by atoms with van der Waals surface area (Å²) >= 11 is 9.30. The van der Waals surface area contributed by atoms with Crippen molar-refractivity contribution in [3.8, 4) is 0 Å². The number of thiol groups is 1. The molecule has 24 heteroatoms. The van der Waals surface area contributed by atoms with E-state index >= 15 is 4.39 Å². The van der Waals surface area contributed by atoms with Gasteiger partial charge in [-0.1, -0.05) is 17.5 Å². The number of nitrogens with zero attached hydrogens (tertiary/aromatic N) is 7. The predicted molar refractivity (Wildman–Crippen MR) is 154 cm³/mol. The van der Waals surface area contributed by atoms with E-state index in [1.54, 1.807) is 0 Å². The number of pyridine rings is 1. The maximum atomic E-state index is 16.0. The zero-order valence-electron chi connectivity index (χ0n) is 22.0. The van der Waals surface area contributed by atoms with E-state index in [0.717, 1.165) is 4.68 Å². The van der Waals surface area contributed by atoms with Gasteiger partial charge in [-0.25, -0.2) is 18.9 Å². The number of aromatic nitrogens is 8. The van der Waals surface area contributed by atoms with E-state index in [1.807, 2.05) is 0 Å². The number of anilines is 2. The minimum absolute atomic E-state index is 0.0296. The number of hydrogen-bond donors (Lipinski definition) is 5.